The fraction of sp³-hybridized carbons (Fsp3) is 0.562. The largest absolute Gasteiger partial charge is 0.497 e. The van der Waals surface area contributed by atoms with Crippen molar-refractivity contribution in [1.29, 1.82) is 5.41 Å². The molecule has 0 bridgehead atoms. The van der Waals surface area contributed by atoms with Crippen molar-refractivity contribution in [2.24, 2.45) is 11.1 Å². The molecular formula is C16H27N3O. The molecule has 0 atom stereocenters. The van der Waals surface area contributed by atoms with Crippen LogP contribution in [0.1, 0.15) is 33.1 Å². The smallest absolute Gasteiger partial charge is 0.119 e. The van der Waals surface area contributed by atoms with Gasteiger partial charge in [0.15, 0.2) is 0 Å². The molecule has 0 amide bonds. The highest BCUT2D eigenvalue weighted by atomic mass is 16.5. The maximum absolute atomic E-state index is 7.55. The average molecular weight is 277 g/mol. The Morgan fingerprint density at radius 2 is 1.85 bits per heavy atom. The first kappa shape index (κ1) is 16.3. The van der Waals surface area contributed by atoms with Crippen LogP contribution < -0.4 is 15.4 Å². The zero-order chi connectivity index (χ0) is 15.2. The summed E-state index contributed by atoms with van der Waals surface area (Å²) in [7, 11) is 3.77. The van der Waals surface area contributed by atoms with Gasteiger partial charge in [-0.3, -0.25) is 5.41 Å². The molecule has 4 nitrogen and oxygen atoms in total. The Morgan fingerprint density at radius 1 is 1.25 bits per heavy atom. The first-order valence-electron chi connectivity index (χ1n) is 7.06. The van der Waals surface area contributed by atoms with Gasteiger partial charge in [-0.25, -0.2) is 0 Å². The monoisotopic (exact) mass is 277 g/mol. The number of nitrogens with two attached hydrogens (primary N) is 1. The molecule has 0 fully saturated rings. The molecular weight excluding hydrogens is 250 g/mol. The molecule has 1 aromatic rings. The van der Waals surface area contributed by atoms with Crippen LogP contribution in [0.3, 0.4) is 0 Å². The number of benzene rings is 1. The van der Waals surface area contributed by atoms with Gasteiger partial charge in [0.25, 0.3) is 0 Å². The summed E-state index contributed by atoms with van der Waals surface area (Å²) < 4.78 is 5.16. The van der Waals surface area contributed by atoms with Gasteiger partial charge in [0.1, 0.15) is 5.75 Å². The van der Waals surface area contributed by atoms with Gasteiger partial charge in [-0.1, -0.05) is 20.3 Å². The van der Waals surface area contributed by atoms with Gasteiger partial charge in [0.05, 0.1) is 12.9 Å². The molecule has 0 radical (unpaired) electrons. The molecule has 1 rings (SSSR count). The fourth-order valence-corrected chi connectivity index (χ4v) is 2.02. The van der Waals surface area contributed by atoms with Crippen LogP contribution in [0.4, 0.5) is 5.69 Å². The Morgan fingerprint density at radius 3 is 2.35 bits per heavy atom. The standard InChI is InChI=1S/C16H27N3O/c1-16(2,15(17)18)11-5-6-12-19(3)13-7-9-14(20-4)10-8-13/h7-10H,5-6,11-12H2,1-4H3,(H3,17,18). The molecule has 112 valence electrons. The fourth-order valence-electron chi connectivity index (χ4n) is 2.02. The molecule has 0 unspecified atom stereocenters. The quantitative estimate of drug-likeness (QED) is 0.435. The number of amidine groups is 1. The molecule has 1 aromatic carbocycles. The van der Waals surface area contributed by atoms with Crippen molar-refractivity contribution in [2.75, 3.05) is 25.6 Å². The van der Waals surface area contributed by atoms with E-state index >= 15 is 0 Å². The average Bonchev–Trinajstić information content (AvgIpc) is 2.43. The van der Waals surface area contributed by atoms with Crippen molar-refractivity contribution in [2.45, 2.75) is 33.1 Å². The summed E-state index contributed by atoms with van der Waals surface area (Å²) in [6.07, 6.45) is 3.13. The minimum absolute atomic E-state index is 0.182. The van der Waals surface area contributed by atoms with E-state index in [1.807, 2.05) is 26.0 Å². The van der Waals surface area contributed by atoms with Crippen LogP contribution in [0.5, 0.6) is 5.75 Å². The van der Waals surface area contributed by atoms with Gasteiger partial charge in [-0.05, 0) is 37.1 Å². The molecule has 20 heavy (non-hydrogen) atoms. The maximum atomic E-state index is 7.55. The molecule has 0 saturated carbocycles. The Labute approximate surface area is 122 Å². The normalized spacial score (nSPS) is 11.2. The Balaban J connectivity index is 2.36. The van der Waals surface area contributed by atoms with E-state index in [0.29, 0.717) is 0 Å². The van der Waals surface area contributed by atoms with E-state index in [2.05, 4.69) is 24.1 Å². The lowest BCUT2D eigenvalue weighted by molar-refractivity contribution is 0.415. The molecule has 4 heteroatoms. The minimum atomic E-state index is -0.182. The van der Waals surface area contributed by atoms with Crippen LogP contribution in [-0.2, 0) is 0 Å². The number of ether oxygens (including phenoxy) is 1. The molecule has 0 aliphatic carbocycles. The van der Waals surface area contributed by atoms with E-state index in [0.717, 1.165) is 31.6 Å². The lowest BCUT2D eigenvalue weighted by Crippen LogP contribution is -2.31. The Hall–Kier alpha value is -1.71. The predicted octanol–water partition coefficient (Wildman–Crippen LogP) is 3.26. The lowest BCUT2D eigenvalue weighted by Gasteiger charge is -2.24. The molecule has 0 spiro atoms. The van der Waals surface area contributed by atoms with Crippen LogP contribution >= 0.6 is 0 Å². The molecule has 0 heterocycles. The third-order valence-corrected chi connectivity index (χ3v) is 3.79. The summed E-state index contributed by atoms with van der Waals surface area (Å²) in [5.41, 5.74) is 6.60. The highest BCUT2D eigenvalue weighted by molar-refractivity contribution is 5.82. The van der Waals surface area contributed by atoms with Crippen LogP contribution in [0.2, 0.25) is 0 Å². The van der Waals surface area contributed by atoms with Gasteiger partial charge in [-0.2, -0.15) is 0 Å². The zero-order valence-electron chi connectivity index (χ0n) is 13.1. The summed E-state index contributed by atoms with van der Waals surface area (Å²) in [5.74, 6) is 1.16. The first-order chi connectivity index (χ1) is 9.36. The zero-order valence-corrected chi connectivity index (χ0v) is 13.1. The molecule has 0 saturated heterocycles. The predicted molar refractivity (Wildman–Crippen MR) is 85.8 cm³/mol. The van der Waals surface area contributed by atoms with E-state index in [4.69, 9.17) is 15.9 Å². The highest BCUT2D eigenvalue weighted by Gasteiger charge is 2.20. The van der Waals surface area contributed by atoms with Crippen LogP contribution in [0.25, 0.3) is 0 Å². The summed E-state index contributed by atoms with van der Waals surface area (Å²) in [6, 6.07) is 8.09. The topological polar surface area (TPSA) is 62.3 Å². The van der Waals surface area contributed by atoms with E-state index in [1.165, 1.54) is 5.69 Å². The van der Waals surface area contributed by atoms with Crippen LogP contribution in [0.15, 0.2) is 24.3 Å². The lowest BCUT2D eigenvalue weighted by atomic mass is 9.86. The second kappa shape index (κ2) is 7.17. The Bertz CT molecular complexity index is 426. The van der Waals surface area contributed by atoms with E-state index in [-0.39, 0.29) is 11.3 Å². The van der Waals surface area contributed by atoms with Gasteiger partial charge in [-0.15, -0.1) is 0 Å². The van der Waals surface area contributed by atoms with Gasteiger partial charge in [0.2, 0.25) is 0 Å². The number of hydrogen-bond acceptors (Lipinski definition) is 3. The molecule has 0 aliphatic heterocycles. The van der Waals surface area contributed by atoms with Crippen LogP contribution in [-0.4, -0.2) is 26.5 Å². The second-order valence-corrected chi connectivity index (χ2v) is 5.87. The number of hydrogen-bond donors (Lipinski definition) is 2. The van der Waals surface area contributed by atoms with Crippen molar-refractivity contribution >= 4 is 11.5 Å². The third kappa shape index (κ3) is 4.76. The summed E-state index contributed by atoms with van der Waals surface area (Å²) in [5, 5.41) is 7.55. The van der Waals surface area contributed by atoms with Crippen molar-refractivity contribution in [3.8, 4) is 5.75 Å². The number of unbranched alkanes of at least 4 members (excludes halogenated alkanes) is 1. The van der Waals surface area contributed by atoms with Gasteiger partial charge in [0, 0.05) is 24.7 Å². The van der Waals surface area contributed by atoms with Crippen molar-refractivity contribution in [1.82, 2.24) is 0 Å². The highest BCUT2D eigenvalue weighted by Crippen LogP contribution is 2.23. The van der Waals surface area contributed by atoms with E-state index in [9.17, 15) is 0 Å². The van der Waals surface area contributed by atoms with E-state index < -0.39 is 0 Å². The van der Waals surface area contributed by atoms with Gasteiger partial charge >= 0.3 is 0 Å². The van der Waals surface area contributed by atoms with E-state index in [1.54, 1.807) is 7.11 Å². The summed E-state index contributed by atoms with van der Waals surface area (Å²) in [6.45, 7) is 5.06. The van der Waals surface area contributed by atoms with Gasteiger partial charge < -0.3 is 15.4 Å². The third-order valence-electron chi connectivity index (χ3n) is 3.79. The SMILES string of the molecule is COc1ccc(N(C)CCCCC(C)(C)C(=N)N)cc1. The number of nitrogens with zero attached hydrogens (tertiary/aromatic N) is 1. The van der Waals surface area contributed by atoms with Crippen molar-refractivity contribution < 1.29 is 4.74 Å². The molecule has 3 N–H and O–H groups in total. The number of nitrogens with one attached hydrogen (secondary N) is 1. The first-order valence-corrected chi connectivity index (χ1v) is 7.06. The van der Waals surface area contributed by atoms with Crippen molar-refractivity contribution in [3.63, 3.8) is 0 Å². The van der Waals surface area contributed by atoms with Crippen LogP contribution in [0, 0.1) is 10.8 Å². The molecule has 0 aromatic heterocycles. The second-order valence-electron chi connectivity index (χ2n) is 5.87. The Kier molecular flexibility index (Phi) is 5.86. The number of anilines is 1. The van der Waals surface area contributed by atoms with Crippen molar-refractivity contribution in [3.05, 3.63) is 24.3 Å². The number of rotatable bonds is 8. The summed E-state index contributed by atoms with van der Waals surface area (Å²) >= 11 is 0. The maximum Gasteiger partial charge on any atom is 0.119 e. The minimum Gasteiger partial charge on any atom is -0.497 e. The summed E-state index contributed by atoms with van der Waals surface area (Å²) in [4.78, 5) is 2.24. The molecule has 0 aliphatic rings. The number of methoxy groups -OCH3 is 1.